The normalized spacial score (nSPS) is 11.9. The van der Waals surface area contributed by atoms with Gasteiger partial charge in [-0.3, -0.25) is 8.51 Å². The number of hydrogen-bond acceptors (Lipinski definition) is 3. The Morgan fingerprint density at radius 2 is 2.00 bits per heavy atom. The van der Waals surface area contributed by atoms with Gasteiger partial charge in [0.25, 0.3) is 0 Å². The number of amides is 2. The molecule has 5 nitrogen and oxygen atoms in total. The molecular formula is C12H17N2O3S-. The highest BCUT2D eigenvalue weighted by Crippen LogP contribution is 2.10. The van der Waals surface area contributed by atoms with Crippen LogP contribution in [0.5, 0.6) is 0 Å². The van der Waals surface area contributed by atoms with Gasteiger partial charge in [-0.15, -0.1) is 0 Å². The molecule has 0 aliphatic carbocycles. The first-order chi connectivity index (χ1) is 8.54. The summed E-state index contributed by atoms with van der Waals surface area (Å²) in [4.78, 5) is 11.8. The number of aryl methyl sites for hydroxylation is 1. The fraction of sp³-hybridized carbons (Fsp3) is 0.417. The van der Waals surface area contributed by atoms with Crippen molar-refractivity contribution in [2.24, 2.45) is 0 Å². The van der Waals surface area contributed by atoms with E-state index in [1.54, 1.807) is 12.1 Å². The summed E-state index contributed by atoms with van der Waals surface area (Å²) in [5, 5.41) is 2.55. The summed E-state index contributed by atoms with van der Waals surface area (Å²) in [5.41, 5.74) is 1.65. The van der Waals surface area contributed by atoms with Gasteiger partial charge in [-0.05, 0) is 25.5 Å². The molecule has 1 aromatic rings. The molecule has 0 saturated carbocycles. The molecular weight excluding hydrogens is 252 g/mol. The van der Waals surface area contributed by atoms with Gasteiger partial charge in [-0.25, -0.2) is 4.79 Å². The van der Waals surface area contributed by atoms with Gasteiger partial charge in [0.2, 0.25) is 0 Å². The second kappa shape index (κ2) is 7.13. The van der Waals surface area contributed by atoms with Crippen LogP contribution in [0.1, 0.15) is 25.3 Å². The zero-order chi connectivity index (χ0) is 13.5. The molecule has 6 heteroatoms. The average Bonchev–Trinajstić information content (AvgIpc) is 2.32. The molecule has 1 aromatic carbocycles. The molecule has 2 amide bonds. The maximum Gasteiger partial charge on any atom is 0.332 e. The van der Waals surface area contributed by atoms with Crippen LogP contribution in [-0.2, 0) is 11.3 Å². The van der Waals surface area contributed by atoms with Crippen LogP contribution in [0.4, 0.5) is 10.5 Å². The van der Waals surface area contributed by atoms with Crippen molar-refractivity contribution < 1.29 is 13.6 Å². The second-order valence-corrected chi connectivity index (χ2v) is 4.84. The first kappa shape index (κ1) is 14.7. The smallest absolute Gasteiger partial charge is 0.332 e. The van der Waals surface area contributed by atoms with Gasteiger partial charge in [0.1, 0.15) is 0 Å². The zero-order valence-corrected chi connectivity index (χ0v) is 11.3. The summed E-state index contributed by atoms with van der Waals surface area (Å²) in [6, 6.07) is 6.54. The molecule has 100 valence electrons. The van der Waals surface area contributed by atoms with Gasteiger partial charge in [0.05, 0.1) is 11.3 Å². The number of urea groups is 1. The molecule has 1 atom stereocenters. The van der Waals surface area contributed by atoms with Crippen molar-refractivity contribution in [1.29, 1.82) is 0 Å². The predicted molar refractivity (Wildman–Crippen MR) is 70.7 cm³/mol. The van der Waals surface area contributed by atoms with E-state index in [2.05, 4.69) is 5.32 Å². The van der Waals surface area contributed by atoms with Gasteiger partial charge in [-0.1, -0.05) is 31.0 Å². The summed E-state index contributed by atoms with van der Waals surface area (Å²) >= 11 is -2.54. The lowest BCUT2D eigenvalue weighted by Crippen LogP contribution is -2.37. The van der Waals surface area contributed by atoms with Crippen molar-refractivity contribution in [3.05, 3.63) is 29.8 Å². The third-order valence-electron chi connectivity index (χ3n) is 2.42. The summed E-state index contributed by atoms with van der Waals surface area (Å²) < 4.78 is 22.7. The summed E-state index contributed by atoms with van der Waals surface area (Å²) in [7, 11) is 0. The van der Waals surface area contributed by atoms with Gasteiger partial charge in [0.15, 0.2) is 0 Å². The number of carbonyl (C=O) groups excluding carboxylic acids is 1. The minimum Gasteiger partial charge on any atom is -0.755 e. The van der Waals surface area contributed by atoms with Gasteiger partial charge in [-0.2, -0.15) is 0 Å². The van der Waals surface area contributed by atoms with E-state index in [-0.39, 0.29) is 6.54 Å². The van der Waals surface area contributed by atoms with Crippen LogP contribution in [0.2, 0.25) is 0 Å². The quantitative estimate of drug-likeness (QED) is 0.834. The van der Waals surface area contributed by atoms with E-state index in [1.165, 1.54) is 0 Å². The molecule has 0 aromatic heterocycles. The van der Waals surface area contributed by atoms with Crippen molar-refractivity contribution >= 4 is 23.0 Å². The number of benzene rings is 1. The molecule has 0 aliphatic rings. The van der Waals surface area contributed by atoms with Crippen LogP contribution < -0.4 is 5.32 Å². The molecule has 1 unspecified atom stereocenters. The molecule has 0 bridgehead atoms. The van der Waals surface area contributed by atoms with E-state index < -0.39 is 17.3 Å². The van der Waals surface area contributed by atoms with E-state index in [0.29, 0.717) is 12.1 Å². The van der Waals surface area contributed by atoms with E-state index in [4.69, 9.17) is 0 Å². The van der Waals surface area contributed by atoms with Crippen LogP contribution in [0.15, 0.2) is 24.3 Å². The largest absolute Gasteiger partial charge is 0.755 e. The fourth-order valence-electron chi connectivity index (χ4n) is 1.37. The van der Waals surface area contributed by atoms with Crippen molar-refractivity contribution in [3.63, 3.8) is 0 Å². The Kier molecular flexibility index (Phi) is 5.80. The molecule has 1 N–H and O–H groups in total. The second-order valence-electron chi connectivity index (χ2n) is 3.97. The summed E-state index contributed by atoms with van der Waals surface area (Å²) in [6.45, 7) is 4.07. The number of carbonyl (C=O) groups is 1. The van der Waals surface area contributed by atoms with E-state index in [1.807, 2.05) is 26.0 Å². The number of hydrogen-bond donors (Lipinski definition) is 1. The molecule has 18 heavy (non-hydrogen) atoms. The Morgan fingerprint density at radius 1 is 1.39 bits per heavy atom. The topological polar surface area (TPSA) is 72.5 Å². The Bertz CT molecular complexity index is 420. The highest BCUT2D eigenvalue weighted by molar-refractivity contribution is 7.77. The Labute approximate surface area is 110 Å². The Morgan fingerprint density at radius 3 is 2.50 bits per heavy atom. The number of nitrogens with one attached hydrogen (secondary N) is 1. The fourth-order valence-corrected chi connectivity index (χ4v) is 1.83. The Balaban J connectivity index is 2.66. The predicted octanol–water partition coefficient (Wildman–Crippen LogP) is 2.42. The van der Waals surface area contributed by atoms with Crippen molar-refractivity contribution in [2.45, 2.75) is 26.7 Å². The highest BCUT2D eigenvalue weighted by Gasteiger charge is 2.13. The minimum absolute atomic E-state index is 0.199. The first-order valence-corrected chi connectivity index (χ1v) is 6.82. The monoisotopic (exact) mass is 269 g/mol. The zero-order valence-electron chi connectivity index (χ0n) is 10.5. The number of anilines is 1. The Hall–Kier alpha value is -1.40. The lowest BCUT2D eigenvalue weighted by Gasteiger charge is -2.24. The van der Waals surface area contributed by atoms with Crippen molar-refractivity contribution in [1.82, 2.24) is 4.31 Å². The van der Waals surface area contributed by atoms with E-state index in [0.717, 1.165) is 16.3 Å². The van der Waals surface area contributed by atoms with Crippen LogP contribution in [-0.4, -0.2) is 25.6 Å². The molecule has 0 spiro atoms. The maximum absolute atomic E-state index is 11.8. The summed E-state index contributed by atoms with van der Waals surface area (Å²) in [6.07, 6.45) is 1.47. The molecule has 0 aliphatic heterocycles. The minimum atomic E-state index is -2.54. The molecule has 0 radical (unpaired) electrons. The molecule has 1 rings (SSSR count). The van der Waals surface area contributed by atoms with Crippen molar-refractivity contribution in [3.8, 4) is 0 Å². The van der Waals surface area contributed by atoms with E-state index in [9.17, 15) is 13.6 Å². The standard InChI is InChI=1S/C12H18N2O3S/c1-3-4-9-14(18(16)17)12(15)13-11-7-5-10(2)6-8-11/h5-8H,3-4,9H2,1-2H3,(H,13,15)(H,16,17)/p-1. The molecule has 0 saturated heterocycles. The average molecular weight is 269 g/mol. The molecule has 0 heterocycles. The number of nitrogens with zero attached hydrogens (tertiary/aromatic N) is 1. The number of unbranched alkanes of at least 4 members (excludes halogenated alkanes) is 1. The third-order valence-corrected chi connectivity index (χ3v) is 3.13. The van der Waals surface area contributed by atoms with Crippen LogP contribution in [0.3, 0.4) is 0 Å². The maximum atomic E-state index is 11.8. The van der Waals surface area contributed by atoms with Gasteiger partial charge >= 0.3 is 6.03 Å². The summed E-state index contributed by atoms with van der Waals surface area (Å²) in [5.74, 6) is 0. The SMILES string of the molecule is CCCCN(C(=O)Nc1ccc(C)cc1)S(=O)[O-]. The lowest BCUT2D eigenvalue weighted by molar-refractivity contribution is 0.234. The van der Waals surface area contributed by atoms with Gasteiger partial charge < -0.3 is 9.87 Å². The van der Waals surface area contributed by atoms with Gasteiger partial charge in [0, 0.05) is 12.2 Å². The number of rotatable bonds is 5. The van der Waals surface area contributed by atoms with Crippen LogP contribution in [0, 0.1) is 6.92 Å². The molecule has 0 fully saturated rings. The van der Waals surface area contributed by atoms with E-state index >= 15 is 0 Å². The lowest BCUT2D eigenvalue weighted by atomic mass is 10.2. The first-order valence-electron chi connectivity index (χ1n) is 5.79. The van der Waals surface area contributed by atoms with Crippen LogP contribution >= 0.6 is 0 Å². The third kappa shape index (κ3) is 4.46. The van der Waals surface area contributed by atoms with Crippen LogP contribution in [0.25, 0.3) is 0 Å². The van der Waals surface area contributed by atoms with Crippen molar-refractivity contribution in [2.75, 3.05) is 11.9 Å². The highest BCUT2D eigenvalue weighted by atomic mass is 32.2.